The number of hydrogen-bond acceptors (Lipinski definition) is 3. The molecule has 1 aliphatic carbocycles. The van der Waals surface area contributed by atoms with Crippen LogP contribution in [0.15, 0.2) is 18.5 Å². The van der Waals surface area contributed by atoms with Crippen molar-refractivity contribution < 1.29 is 10.2 Å². The number of aryl methyl sites for hydroxylation is 1. The van der Waals surface area contributed by atoms with Gasteiger partial charge in [-0.1, -0.05) is 6.07 Å². The summed E-state index contributed by atoms with van der Waals surface area (Å²) in [4.78, 5) is 4.00. The topological polar surface area (TPSA) is 53.4 Å². The Hall–Kier alpha value is -0.930. The molecule has 3 heteroatoms. The summed E-state index contributed by atoms with van der Waals surface area (Å²) in [7, 11) is 0. The Morgan fingerprint density at radius 2 is 2.07 bits per heavy atom. The van der Waals surface area contributed by atoms with E-state index in [4.69, 9.17) is 0 Å². The second-order valence-corrected chi connectivity index (χ2v) is 4.07. The maximum Gasteiger partial charge on any atom is 0.107 e. The molecule has 3 nitrogen and oxygen atoms in total. The van der Waals surface area contributed by atoms with Crippen LogP contribution in [-0.2, 0) is 0 Å². The van der Waals surface area contributed by atoms with Crippen LogP contribution < -0.4 is 0 Å². The van der Waals surface area contributed by atoms with E-state index in [-0.39, 0.29) is 5.92 Å². The van der Waals surface area contributed by atoms with E-state index in [9.17, 15) is 10.2 Å². The quantitative estimate of drug-likeness (QED) is 0.758. The molecule has 1 aromatic heterocycles. The molecule has 0 aliphatic heterocycles. The Bertz CT molecular complexity index is 323. The monoisotopic (exact) mass is 193 g/mol. The Kier molecular flexibility index (Phi) is 2.52. The Labute approximate surface area is 83.4 Å². The fraction of sp³-hybridized carbons (Fsp3) is 0.545. The van der Waals surface area contributed by atoms with Gasteiger partial charge < -0.3 is 10.2 Å². The Morgan fingerprint density at radius 3 is 2.64 bits per heavy atom. The molecule has 1 aromatic rings. The highest BCUT2D eigenvalue weighted by Crippen LogP contribution is 2.37. The lowest BCUT2D eigenvalue weighted by molar-refractivity contribution is 0.00463. The average molecular weight is 193 g/mol. The molecule has 1 saturated carbocycles. The molecule has 1 heterocycles. The molecule has 1 fully saturated rings. The van der Waals surface area contributed by atoms with E-state index in [0.29, 0.717) is 5.56 Å². The maximum atomic E-state index is 9.83. The lowest BCUT2D eigenvalue weighted by Crippen LogP contribution is -2.20. The molecule has 0 radical (unpaired) electrons. The number of pyridine rings is 1. The number of nitrogens with zero attached hydrogens (tertiary/aromatic N) is 1. The largest absolute Gasteiger partial charge is 0.390 e. The summed E-state index contributed by atoms with van der Waals surface area (Å²) in [6, 6.07) is 1.86. The second-order valence-electron chi connectivity index (χ2n) is 4.07. The molecular formula is C11H15NO2. The third kappa shape index (κ3) is 1.94. The van der Waals surface area contributed by atoms with Gasteiger partial charge in [0.25, 0.3) is 0 Å². The SMILES string of the molecule is Cc1cncc(C(O)C(O)C2CC2)c1. The van der Waals surface area contributed by atoms with Crippen LogP contribution in [0.5, 0.6) is 0 Å². The predicted molar refractivity (Wildman–Crippen MR) is 52.7 cm³/mol. The van der Waals surface area contributed by atoms with Gasteiger partial charge in [0.2, 0.25) is 0 Å². The molecule has 2 N–H and O–H groups in total. The molecular weight excluding hydrogens is 178 g/mol. The van der Waals surface area contributed by atoms with Gasteiger partial charge in [-0.15, -0.1) is 0 Å². The highest BCUT2D eigenvalue weighted by molar-refractivity contribution is 5.20. The number of aromatic nitrogens is 1. The summed E-state index contributed by atoms with van der Waals surface area (Å²) in [5, 5.41) is 19.6. The second kappa shape index (κ2) is 3.67. The number of aliphatic hydroxyl groups excluding tert-OH is 2. The van der Waals surface area contributed by atoms with Crippen LogP contribution in [0.25, 0.3) is 0 Å². The zero-order valence-electron chi connectivity index (χ0n) is 8.22. The van der Waals surface area contributed by atoms with Crippen molar-refractivity contribution in [1.82, 2.24) is 4.98 Å². The molecule has 2 atom stereocenters. The maximum absolute atomic E-state index is 9.83. The average Bonchev–Trinajstić information content (AvgIpc) is 2.99. The van der Waals surface area contributed by atoms with Gasteiger partial charge in [-0.2, -0.15) is 0 Å². The van der Waals surface area contributed by atoms with Crippen LogP contribution in [0.2, 0.25) is 0 Å². The third-order valence-corrected chi connectivity index (χ3v) is 2.67. The summed E-state index contributed by atoms with van der Waals surface area (Å²) >= 11 is 0. The first-order chi connectivity index (χ1) is 6.68. The zero-order chi connectivity index (χ0) is 10.1. The fourth-order valence-corrected chi connectivity index (χ4v) is 1.63. The summed E-state index contributed by atoms with van der Waals surface area (Å²) in [6.07, 6.45) is 3.99. The molecule has 1 aliphatic rings. The van der Waals surface area contributed by atoms with Gasteiger partial charge in [-0.25, -0.2) is 0 Å². The number of rotatable bonds is 3. The predicted octanol–water partition coefficient (Wildman–Crippen LogP) is 1.19. The van der Waals surface area contributed by atoms with Crippen molar-refractivity contribution in [3.63, 3.8) is 0 Å². The van der Waals surface area contributed by atoms with E-state index in [1.807, 2.05) is 13.0 Å². The van der Waals surface area contributed by atoms with E-state index in [2.05, 4.69) is 4.98 Å². The molecule has 14 heavy (non-hydrogen) atoms. The van der Waals surface area contributed by atoms with Gasteiger partial charge in [0.15, 0.2) is 0 Å². The van der Waals surface area contributed by atoms with Gasteiger partial charge >= 0.3 is 0 Å². The molecule has 0 bridgehead atoms. The van der Waals surface area contributed by atoms with E-state index >= 15 is 0 Å². The minimum atomic E-state index is -0.782. The van der Waals surface area contributed by atoms with Crippen LogP contribution in [0.4, 0.5) is 0 Å². The van der Waals surface area contributed by atoms with Crippen molar-refractivity contribution in [2.75, 3.05) is 0 Å². The van der Waals surface area contributed by atoms with Crippen LogP contribution in [0.1, 0.15) is 30.1 Å². The van der Waals surface area contributed by atoms with Crippen LogP contribution >= 0.6 is 0 Å². The van der Waals surface area contributed by atoms with Gasteiger partial charge in [0.05, 0.1) is 6.10 Å². The van der Waals surface area contributed by atoms with Gasteiger partial charge in [0, 0.05) is 18.0 Å². The number of aliphatic hydroxyl groups is 2. The molecule has 0 saturated heterocycles. The molecule has 0 aromatic carbocycles. The van der Waals surface area contributed by atoms with Gasteiger partial charge in [0.1, 0.15) is 6.10 Å². The number of hydrogen-bond donors (Lipinski definition) is 2. The summed E-state index contributed by atoms with van der Waals surface area (Å²) in [5.74, 6) is 0.283. The molecule has 2 unspecified atom stereocenters. The third-order valence-electron chi connectivity index (χ3n) is 2.67. The minimum absolute atomic E-state index is 0.283. The van der Waals surface area contributed by atoms with Gasteiger partial charge in [-0.05, 0) is 31.2 Å². The minimum Gasteiger partial charge on any atom is -0.390 e. The standard InChI is InChI=1S/C11H15NO2/c1-7-4-9(6-12-5-7)11(14)10(13)8-2-3-8/h4-6,8,10-11,13-14H,2-3H2,1H3. The molecule has 2 rings (SSSR count). The van der Waals surface area contributed by atoms with Crippen LogP contribution in [-0.4, -0.2) is 21.3 Å². The van der Waals surface area contributed by atoms with E-state index in [1.54, 1.807) is 12.4 Å². The van der Waals surface area contributed by atoms with Crippen LogP contribution in [0, 0.1) is 12.8 Å². The highest BCUT2D eigenvalue weighted by Gasteiger charge is 2.35. The molecule has 0 spiro atoms. The highest BCUT2D eigenvalue weighted by atomic mass is 16.3. The van der Waals surface area contributed by atoms with E-state index in [0.717, 1.165) is 18.4 Å². The Balaban J connectivity index is 2.13. The fourth-order valence-electron chi connectivity index (χ4n) is 1.63. The van der Waals surface area contributed by atoms with Crippen molar-refractivity contribution in [3.8, 4) is 0 Å². The first kappa shape index (κ1) is 9.62. The van der Waals surface area contributed by atoms with Crippen LogP contribution in [0.3, 0.4) is 0 Å². The van der Waals surface area contributed by atoms with Crippen molar-refractivity contribution in [1.29, 1.82) is 0 Å². The van der Waals surface area contributed by atoms with E-state index in [1.165, 1.54) is 0 Å². The zero-order valence-corrected chi connectivity index (χ0v) is 8.22. The van der Waals surface area contributed by atoms with Crippen molar-refractivity contribution in [3.05, 3.63) is 29.6 Å². The smallest absolute Gasteiger partial charge is 0.107 e. The first-order valence-electron chi connectivity index (χ1n) is 4.96. The van der Waals surface area contributed by atoms with Crippen molar-refractivity contribution in [2.24, 2.45) is 5.92 Å². The summed E-state index contributed by atoms with van der Waals surface area (Å²) in [6.45, 7) is 1.92. The van der Waals surface area contributed by atoms with Crippen molar-refractivity contribution in [2.45, 2.75) is 32.0 Å². The lowest BCUT2D eigenvalue weighted by atomic mass is 10.0. The molecule has 0 amide bonds. The normalized spacial score (nSPS) is 20.5. The first-order valence-corrected chi connectivity index (χ1v) is 4.96. The lowest BCUT2D eigenvalue weighted by Gasteiger charge is -2.17. The summed E-state index contributed by atoms with van der Waals surface area (Å²) < 4.78 is 0. The van der Waals surface area contributed by atoms with Gasteiger partial charge in [-0.3, -0.25) is 4.98 Å². The van der Waals surface area contributed by atoms with Crippen molar-refractivity contribution >= 4 is 0 Å². The summed E-state index contributed by atoms with van der Waals surface area (Å²) in [5.41, 5.74) is 1.72. The molecule has 76 valence electrons. The van der Waals surface area contributed by atoms with E-state index < -0.39 is 12.2 Å². The Morgan fingerprint density at radius 1 is 1.36 bits per heavy atom.